The minimum Gasteiger partial charge on any atom is -0.490 e. The lowest BCUT2D eigenvalue weighted by atomic mass is 10.2. The number of hydrogen-bond acceptors (Lipinski definition) is 4. The van der Waals surface area contributed by atoms with Gasteiger partial charge in [0.1, 0.15) is 12.4 Å². The molecule has 1 aromatic rings. The number of piperazine rings is 1. The van der Waals surface area contributed by atoms with Crippen LogP contribution in [-0.2, 0) is 0 Å². The number of ether oxygens (including phenoxy) is 1. The lowest BCUT2D eigenvalue weighted by molar-refractivity contribution is 0.238. The molecule has 2 saturated heterocycles. The summed E-state index contributed by atoms with van der Waals surface area (Å²) >= 11 is 0. The Labute approximate surface area is 121 Å². The predicted molar refractivity (Wildman–Crippen MR) is 82.7 cm³/mol. The normalized spacial score (nSPS) is 20.3. The van der Waals surface area contributed by atoms with Crippen LogP contribution < -0.4 is 15.0 Å². The Bertz CT molecular complexity index is 412. The first-order valence-corrected chi connectivity index (χ1v) is 7.83. The van der Waals surface area contributed by atoms with E-state index < -0.39 is 0 Å². The molecule has 0 bridgehead atoms. The van der Waals surface area contributed by atoms with Crippen LogP contribution in [-0.4, -0.2) is 57.3 Å². The van der Waals surface area contributed by atoms with E-state index in [1.807, 2.05) is 0 Å². The van der Waals surface area contributed by atoms with E-state index in [2.05, 4.69) is 39.4 Å². The average Bonchev–Trinajstić information content (AvgIpc) is 3.02. The second kappa shape index (κ2) is 6.95. The Morgan fingerprint density at radius 2 is 1.75 bits per heavy atom. The molecule has 4 nitrogen and oxygen atoms in total. The van der Waals surface area contributed by atoms with Crippen molar-refractivity contribution in [2.75, 3.05) is 57.3 Å². The van der Waals surface area contributed by atoms with E-state index in [4.69, 9.17) is 4.74 Å². The topological polar surface area (TPSA) is 27.7 Å². The molecular weight excluding hydrogens is 250 g/mol. The fraction of sp³-hybridized carbons (Fsp3) is 0.625. The first-order chi connectivity index (χ1) is 9.93. The van der Waals surface area contributed by atoms with E-state index >= 15 is 0 Å². The van der Waals surface area contributed by atoms with Crippen molar-refractivity contribution in [3.63, 3.8) is 0 Å². The summed E-state index contributed by atoms with van der Waals surface area (Å²) in [5.74, 6) is 1.04. The largest absolute Gasteiger partial charge is 0.490 e. The van der Waals surface area contributed by atoms with Crippen LogP contribution in [0.15, 0.2) is 24.3 Å². The number of benzene rings is 1. The molecule has 1 N–H and O–H groups in total. The molecule has 0 aromatic heterocycles. The number of anilines is 1. The summed E-state index contributed by atoms with van der Waals surface area (Å²) in [5, 5.41) is 3.40. The van der Waals surface area contributed by atoms with Gasteiger partial charge in [0.2, 0.25) is 0 Å². The molecule has 2 aliphatic heterocycles. The third-order valence-corrected chi connectivity index (χ3v) is 4.19. The second-order valence-corrected chi connectivity index (χ2v) is 5.60. The maximum absolute atomic E-state index is 6.05. The number of rotatable bonds is 5. The maximum atomic E-state index is 6.05. The van der Waals surface area contributed by atoms with Crippen molar-refractivity contribution >= 4 is 5.69 Å². The molecule has 1 aromatic carbocycles. The van der Waals surface area contributed by atoms with E-state index in [1.165, 1.54) is 31.6 Å². The molecule has 0 spiro atoms. The Hall–Kier alpha value is -1.26. The summed E-state index contributed by atoms with van der Waals surface area (Å²) in [6.07, 6.45) is 2.69. The van der Waals surface area contributed by atoms with E-state index in [1.54, 1.807) is 0 Å². The Morgan fingerprint density at radius 3 is 2.55 bits per heavy atom. The summed E-state index contributed by atoms with van der Waals surface area (Å²) in [7, 11) is 0. The highest BCUT2D eigenvalue weighted by molar-refractivity contribution is 5.58. The summed E-state index contributed by atoms with van der Waals surface area (Å²) in [4.78, 5) is 4.91. The van der Waals surface area contributed by atoms with Crippen molar-refractivity contribution in [3.8, 4) is 5.75 Å². The van der Waals surface area contributed by atoms with Gasteiger partial charge < -0.3 is 15.0 Å². The van der Waals surface area contributed by atoms with Crippen LogP contribution in [0.1, 0.15) is 12.8 Å². The van der Waals surface area contributed by atoms with Crippen molar-refractivity contribution < 1.29 is 4.74 Å². The first-order valence-electron chi connectivity index (χ1n) is 7.83. The Morgan fingerprint density at radius 1 is 1.00 bits per heavy atom. The smallest absolute Gasteiger partial charge is 0.142 e. The third kappa shape index (κ3) is 3.44. The van der Waals surface area contributed by atoms with Crippen molar-refractivity contribution in [1.82, 2.24) is 10.2 Å². The summed E-state index contributed by atoms with van der Waals surface area (Å²) < 4.78 is 6.05. The van der Waals surface area contributed by atoms with Crippen molar-refractivity contribution in [2.24, 2.45) is 0 Å². The summed E-state index contributed by atoms with van der Waals surface area (Å²) in [6.45, 7) is 8.56. The van der Waals surface area contributed by atoms with Crippen molar-refractivity contribution in [1.29, 1.82) is 0 Å². The molecular formula is C16H25N3O. The highest BCUT2D eigenvalue weighted by Gasteiger charge is 2.15. The molecule has 110 valence electrons. The standard InChI is InChI=1S/C16H25N3O/c1-2-6-16(20-14-13-18-9-3-4-10-18)15(5-1)19-11-7-17-8-12-19/h1-2,5-6,17H,3-4,7-14H2. The SMILES string of the molecule is c1ccc(N2CCNCC2)c(OCCN2CCCC2)c1. The average molecular weight is 275 g/mol. The Kier molecular flexibility index (Phi) is 4.77. The van der Waals surface area contributed by atoms with Crippen LogP contribution in [0.5, 0.6) is 5.75 Å². The van der Waals surface area contributed by atoms with Gasteiger partial charge in [-0.25, -0.2) is 0 Å². The molecule has 2 heterocycles. The van der Waals surface area contributed by atoms with Crippen molar-refractivity contribution in [2.45, 2.75) is 12.8 Å². The molecule has 0 aliphatic carbocycles. The number of likely N-dealkylation sites (tertiary alicyclic amines) is 1. The Balaban J connectivity index is 1.57. The van der Waals surface area contributed by atoms with Gasteiger partial charge in [-0.3, -0.25) is 4.90 Å². The van der Waals surface area contributed by atoms with Gasteiger partial charge in [-0.1, -0.05) is 12.1 Å². The fourth-order valence-electron chi connectivity index (χ4n) is 3.04. The fourth-order valence-corrected chi connectivity index (χ4v) is 3.04. The molecule has 20 heavy (non-hydrogen) atoms. The van der Waals surface area contributed by atoms with Gasteiger partial charge >= 0.3 is 0 Å². The van der Waals surface area contributed by atoms with Crippen LogP contribution in [0, 0.1) is 0 Å². The van der Waals surface area contributed by atoms with E-state index in [-0.39, 0.29) is 0 Å². The zero-order valence-corrected chi connectivity index (χ0v) is 12.2. The number of para-hydroxylation sites is 2. The molecule has 0 saturated carbocycles. The predicted octanol–water partition coefficient (Wildman–Crippen LogP) is 1.57. The molecule has 2 fully saturated rings. The van der Waals surface area contributed by atoms with Crippen molar-refractivity contribution in [3.05, 3.63) is 24.3 Å². The van der Waals surface area contributed by atoms with Gasteiger partial charge in [-0.2, -0.15) is 0 Å². The molecule has 0 radical (unpaired) electrons. The minimum absolute atomic E-state index is 0.795. The highest BCUT2D eigenvalue weighted by atomic mass is 16.5. The zero-order chi connectivity index (χ0) is 13.6. The van der Waals surface area contributed by atoms with Gasteiger partial charge in [0.15, 0.2) is 0 Å². The quantitative estimate of drug-likeness (QED) is 0.883. The molecule has 0 amide bonds. The van der Waals surface area contributed by atoms with E-state index in [0.717, 1.165) is 45.1 Å². The minimum atomic E-state index is 0.795. The monoisotopic (exact) mass is 275 g/mol. The maximum Gasteiger partial charge on any atom is 0.142 e. The third-order valence-electron chi connectivity index (χ3n) is 4.19. The summed E-state index contributed by atoms with van der Waals surface area (Å²) in [5.41, 5.74) is 1.25. The van der Waals surface area contributed by atoms with Gasteiger partial charge in [-0.05, 0) is 38.1 Å². The zero-order valence-electron chi connectivity index (χ0n) is 12.2. The van der Waals surface area contributed by atoms with E-state index in [0.29, 0.717) is 0 Å². The lowest BCUT2D eigenvalue weighted by Gasteiger charge is -2.30. The van der Waals surface area contributed by atoms with E-state index in [9.17, 15) is 0 Å². The van der Waals surface area contributed by atoms with Crippen LogP contribution in [0.25, 0.3) is 0 Å². The van der Waals surface area contributed by atoms with Crippen LogP contribution >= 0.6 is 0 Å². The number of nitrogens with zero attached hydrogens (tertiary/aromatic N) is 2. The molecule has 3 rings (SSSR count). The van der Waals surface area contributed by atoms with Gasteiger partial charge in [0.25, 0.3) is 0 Å². The molecule has 4 heteroatoms. The molecule has 0 unspecified atom stereocenters. The highest BCUT2D eigenvalue weighted by Crippen LogP contribution is 2.28. The summed E-state index contributed by atoms with van der Waals surface area (Å²) in [6, 6.07) is 8.44. The first kappa shape index (κ1) is 13.7. The lowest BCUT2D eigenvalue weighted by Crippen LogP contribution is -2.43. The number of nitrogens with one attached hydrogen (secondary N) is 1. The van der Waals surface area contributed by atoms with Crippen LogP contribution in [0.4, 0.5) is 5.69 Å². The van der Waals surface area contributed by atoms with Crippen LogP contribution in [0.2, 0.25) is 0 Å². The number of hydrogen-bond donors (Lipinski definition) is 1. The van der Waals surface area contributed by atoms with Gasteiger partial charge in [0, 0.05) is 32.7 Å². The van der Waals surface area contributed by atoms with Gasteiger partial charge in [-0.15, -0.1) is 0 Å². The second-order valence-electron chi connectivity index (χ2n) is 5.60. The van der Waals surface area contributed by atoms with Crippen LogP contribution in [0.3, 0.4) is 0 Å². The molecule has 0 atom stereocenters. The van der Waals surface area contributed by atoms with Gasteiger partial charge in [0.05, 0.1) is 5.69 Å². The molecule has 2 aliphatic rings.